The minimum Gasteiger partial charge on any atom is -0.388 e. The van der Waals surface area contributed by atoms with E-state index in [2.05, 4.69) is 41.4 Å². The number of aliphatic hydroxyl groups is 1. The summed E-state index contributed by atoms with van der Waals surface area (Å²) in [6.07, 6.45) is 3.65. The van der Waals surface area contributed by atoms with E-state index in [1.807, 2.05) is 24.8 Å². The first-order chi connectivity index (χ1) is 15.7. The number of amides is 2. The molecule has 0 unspecified atom stereocenters. The predicted octanol–water partition coefficient (Wildman–Crippen LogP) is 4.24. The van der Waals surface area contributed by atoms with Crippen LogP contribution in [0.15, 0.2) is 12.3 Å². The maximum Gasteiger partial charge on any atom is 0.280 e. The Morgan fingerprint density at radius 3 is 2.47 bits per heavy atom. The van der Waals surface area contributed by atoms with Crippen molar-refractivity contribution in [1.29, 1.82) is 0 Å². The van der Waals surface area contributed by atoms with Crippen LogP contribution >= 0.6 is 11.3 Å². The summed E-state index contributed by atoms with van der Waals surface area (Å²) in [5.41, 5.74) is 0.769. The zero-order valence-corrected chi connectivity index (χ0v) is 22.3. The molecule has 0 aliphatic carbocycles. The number of nitrogens with one attached hydrogen (secondary N) is 2. The molecule has 1 aliphatic heterocycles. The number of thiazole rings is 1. The zero-order chi connectivity index (χ0) is 25.4. The van der Waals surface area contributed by atoms with Gasteiger partial charge in [0, 0.05) is 29.9 Å². The Balaban J connectivity index is 2.03. The van der Waals surface area contributed by atoms with Gasteiger partial charge in [-0.25, -0.2) is 9.97 Å². The summed E-state index contributed by atoms with van der Waals surface area (Å²) in [7, 11) is 0. The lowest BCUT2D eigenvalue weighted by molar-refractivity contribution is 0.0408. The van der Waals surface area contributed by atoms with Gasteiger partial charge >= 0.3 is 0 Å². The van der Waals surface area contributed by atoms with Crippen LogP contribution in [-0.4, -0.2) is 61.6 Å². The largest absolute Gasteiger partial charge is 0.388 e. The second-order valence-corrected chi connectivity index (χ2v) is 11.8. The van der Waals surface area contributed by atoms with Gasteiger partial charge in [0.1, 0.15) is 11.5 Å². The van der Waals surface area contributed by atoms with Crippen molar-refractivity contribution in [2.45, 2.75) is 91.5 Å². The SMILES string of the molecule is Cc1cc(NC(C)(C)C)ncc1-c1sc(C(=O)N[C@H](C)C(C)(C)O)nc1C(=O)N1CCC[C@@H]1C. The predicted molar refractivity (Wildman–Crippen MR) is 136 cm³/mol. The van der Waals surface area contributed by atoms with Crippen molar-refractivity contribution in [3.05, 3.63) is 28.5 Å². The third-order valence-corrected chi connectivity index (χ3v) is 7.19. The fourth-order valence-electron chi connectivity index (χ4n) is 3.80. The first-order valence-electron chi connectivity index (χ1n) is 11.8. The highest BCUT2D eigenvalue weighted by Gasteiger charge is 2.33. The molecule has 2 amide bonds. The van der Waals surface area contributed by atoms with Crippen molar-refractivity contribution < 1.29 is 14.7 Å². The average Bonchev–Trinajstić information content (AvgIpc) is 3.32. The highest BCUT2D eigenvalue weighted by atomic mass is 32.1. The number of carbonyl (C=O) groups excluding carboxylic acids is 2. The van der Waals surface area contributed by atoms with Crippen LogP contribution in [0.25, 0.3) is 10.4 Å². The second-order valence-electron chi connectivity index (χ2n) is 10.8. The van der Waals surface area contributed by atoms with Crippen LogP contribution in [0.3, 0.4) is 0 Å². The summed E-state index contributed by atoms with van der Waals surface area (Å²) in [5.74, 6) is 0.171. The molecule has 8 nitrogen and oxygen atoms in total. The second kappa shape index (κ2) is 9.62. The number of anilines is 1. The molecule has 34 heavy (non-hydrogen) atoms. The molecular weight excluding hydrogens is 450 g/mol. The Bertz CT molecular complexity index is 1070. The van der Waals surface area contributed by atoms with Crippen LogP contribution in [0.5, 0.6) is 0 Å². The first kappa shape index (κ1) is 26.1. The summed E-state index contributed by atoms with van der Waals surface area (Å²) < 4.78 is 0. The molecule has 1 fully saturated rings. The summed E-state index contributed by atoms with van der Waals surface area (Å²) in [6, 6.07) is 1.59. The Kier molecular flexibility index (Phi) is 7.38. The number of aromatic nitrogens is 2. The fraction of sp³-hybridized carbons (Fsp3) is 0.600. The zero-order valence-electron chi connectivity index (χ0n) is 21.4. The molecule has 0 aromatic carbocycles. The third kappa shape index (κ3) is 5.93. The number of nitrogens with zero attached hydrogens (tertiary/aromatic N) is 3. The molecule has 9 heteroatoms. The summed E-state index contributed by atoms with van der Waals surface area (Å²) in [4.78, 5) is 38.0. The van der Waals surface area contributed by atoms with Crippen molar-refractivity contribution in [3.8, 4) is 10.4 Å². The van der Waals surface area contributed by atoms with Crippen molar-refractivity contribution in [2.75, 3.05) is 11.9 Å². The van der Waals surface area contributed by atoms with E-state index < -0.39 is 17.6 Å². The Hall–Kier alpha value is -2.52. The Morgan fingerprint density at radius 1 is 1.26 bits per heavy atom. The molecule has 3 heterocycles. The smallest absolute Gasteiger partial charge is 0.280 e. The van der Waals surface area contributed by atoms with Crippen LogP contribution in [0.4, 0.5) is 5.82 Å². The first-order valence-corrected chi connectivity index (χ1v) is 12.6. The van der Waals surface area contributed by atoms with E-state index in [1.54, 1.807) is 27.0 Å². The van der Waals surface area contributed by atoms with E-state index in [4.69, 9.17) is 0 Å². The molecule has 1 aliphatic rings. The van der Waals surface area contributed by atoms with Crippen molar-refractivity contribution in [1.82, 2.24) is 20.2 Å². The van der Waals surface area contributed by atoms with Gasteiger partial charge in [0.15, 0.2) is 5.01 Å². The van der Waals surface area contributed by atoms with E-state index in [0.29, 0.717) is 11.4 Å². The number of pyridine rings is 1. The standard InChI is InChI=1S/C25H37N5O3S/c1-14-12-18(29-24(4,5)6)26-13-17(14)20-19(23(32)30-11-9-10-15(30)2)28-22(34-20)21(31)27-16(3)25(7,8)33/h12-13,15-16,33H,9-11H2,1-8H3,(H,26,29)(H,27,31)/t15-,16+/m0/s1. The van der Waals surface area contributed by atoms with Gasteiger partial charge in [-0.15, -0.1) is 11.3 Å². The minimum atomic E-state index is -1.09. The number of hydrogen-bond donors (Lipinski definition) is 3. The van der Waals surface area contributed by atoms with Crippen molar-refractivity contribution >= 4 is 29.0 Å². The van der Waals surface area contributed by atoms with E-state index >= 15 is 0 Å². The van der Waals surface area contributed by atoms with Gasteiger partial charge in [-0.3, -0.25) is 9.59 Å². The molecule has 2 atom stereocenters. The van der Waals surface area contributed by atoms with Crippen molar-refractivity contribution in [2.24, 2.45) is 0 Å². The van der Waals surface area contributed by atoms with Crippen LogP contribution in [0, 0.1) is 6.92 Å². The van der Waals surface area contributed by atoms with Gasteiger partial charge in [-0.2, -0.15) is 0 Å². The van der Waals surface area contributed by atoms with Gasteiger partial charge in [-0.1, -0.05) is 0 Å². The molecule has 0 bridgehead atoms. The molecule has 0 radical (unpaired) electrons. The summed E-state index contributed by atoms with van der Waals surface area (Å²) in [6.45, 7) is 15.9. The van der Waals surface area contributed by atoms with Gasteiger partial charge in [-0.05, 0) is 79.9 Å². The molecule has 3 rings (SSSR count). The molecule has 0 spiro atoms. The van der Waals surface area contributed by atoms with Gasteiger partial charge in [0.2, 0.25) is 0 Å². The molecule has 3 N–H and O–H groups in total. The quantitative estimate of drug-likeness (QED) is 0.563. The highest BCUT2D eigenvalue weighted by molar-refractivity contribution is 7.17. The normalized spacial score (nSPS) is 17.6. The lowest BCUT2D eigenvalue weighted by Crippen LogP contribution is -2.47. The highest BCUT2D eigenvalue weighted by Crippen LogP contribution is 2.35. The van der Waals surface area contributed by atoms with Crippen LogP contribution < -0.4 is 10.6 Å². The lowest BCUT2D eigenvalue weighted by Gasteiger charge is -2.26. The van der Waals surface area contributed by atoms with E-state index in [1.165, 1.54) is 11.3 Å². The average molecular weight is 488 g/mol. The molecule has 186 valence electrons. The molecule has 1 saturated heterocycles. The monoisotopic (exact) mass is 487 g/mol. The van der Waals surface area contributed by atoms with Gasteiger partial charge in [0.25, 0.3) is 11.8 Å². The fourth-order valence-corrected chi connectivity index (χ4v) is 4.83. The number of rotatable bonds is 6. The summed E-state index contributed by atoms with van der Waals surface area (Å²) in [5, 5.41) is 16.6. The maximum atomic E-state index is 13.5. The topological polar surface area (TPSA) is 107 Å². The van der Waals surface area contributed by atoms with E-state index in [9.17, 15) is 14.7 Å². The molecule has 2 aromatic heterocycles. The minimum absolute atomic E-state index is 0.132. The van der Waals surface area contributed by atoms with Gasteiger partial charge < -0.3 is 20.6 Å². The third-order valence-electron chi connectivity index (χ3n) is 6.10. The number of carbonyl (C=O) groups is 2. The number of aryl methyl sites for hydroxylation is 1. The van der Waals surface area contributed by atoms with Crippen molar-refractivity contribution in [3.63, 3.8) is 0 Å². The van der Waals surface area contributed by atoms with Crippen LogP contribution in [0.2, 0.25) is 0 Å². The van der Waals surface area contributed by atoms with Crippen LogP contribution in [0.1, 0.15) is 87.2 Å². The van der Waals surface area contributed by atoms with E-state index in [0.717, 1.165) is 29.8 Å². The number of hydrogen-bond acceptors (Lipinski definition) is 7. The molecule has 2 aromatic rings. The summed E-state index contributed by atoms with van der Waals surface area (Å²) >= 11 is 1.18. The Morgan fingerprint density at radius 2 is 1.94 bits per heavy atom. The van der Waals surface area contributed by atoms with Gasteiger partial charge in [0.05, 0.1) is 16.5 Å². The van der Waals surface area contributed by atoms with Crippen LogP contribution in [-0.2, 0) is 0 Å². The molecule has 0 saturated carbocycles. The maximum absolute atomic E-state index is 13.5. The van der Waals surface area contributed by atoms with E-state index in [-0.39, 0.29) is 28.2 Å². The Labute approximate surface area is 206 Å². The molecular formula is C25H37N5O3S. The lowest BCUT2D eigenvalue weighted by atomic mass is 10.0. The number of likely N-dealkylation sites (tertiary alicyclic amines) is 1.